The largest absolute Gasteiger partial charge is 0.436 e. The number of fused-ring (bicyclic) bond motifs is 1. The molecule has 182 valence electrons. The van der Waals surface area contributed by atoms with Gasteiger partial charge >= 0.3 is 0 Å². The van der Waals surface area contributed by atoms with E-state index in [0.29, 0.717) is 34.7 Å². The summed E-state index contributed by atoms with van der Waals surface area (Å²) >= 11 is 0. The maximum absolute atomic E-state index is 13.4. The van der Waals surface area contributed by atoms with E-state index < -0.39 is 11.9 Å². The van der Waals surface area contributed by atoms with E-state index in [4.69, 9.17) is 4.42 Å². The zero-order valence-electron chi connectivity index (χ0n) is 19.7. The van der Waals surface area contributed by atoms with E-state index in [2.05, 4.69) is 4.98 Å². The Morgan fingerprint density at radius 1 is 1.06 bits per heavy atom. The van der Waals surface area contributed by atoms with E-state index >= 15 is 0 Å². The molecule has 1 aliphatic rings. The Balaban J connectivity index is 1.39. The first-order chi connectivity index (χ1) is 17.4. The molecule has 1 saturated heterocycles. The second kappa shape index (κ2) is 9.73. The van der Waals surface area contributed by atoms with Crippen LogP contribution < -0.4 is 4.90 Å². The molecule has 3 amide bonds. The number of anilines is 1. The predicted octanol–water partition coefficient (Wildman–Crippen LogP) is 5.09. The van der Waals surface area contributed by atoms with Crippen LogP contribution in [0.1, 0.15) is 31.7 Å². The maximum atomic E-state index is 13.4. The van der Waals surface area contributed by atoms with Crippen molar-refractivity contribution in [2.75, 3.05) is 4.90 Å². The minimum absolute atomic E-state index is 0.109. The number of amides is 3. The van der Waals surface area contributed by atoms with Crippen molar-refractivity contribution in [2.24, 2.45) is 0 Å². The number of oxazole rings is 1. The molecule has 0 aliphatic carbocycles. The third-order valence-electron chi connectivity index (χ3n) is 6.22. The summed E-state index contributed by atoms with van der Waals surface area (Å²) in [6.07, 6.45) is 0.745. The van der Waals surface area contributed by atoms with Gasteiger partial charge in [0, 0.05) is 18.5 Å². The molecule has 1 aromatic heterocycles. The molecule has 1 unspecified atom stereocenters. The fourth-order valence-electron chi connectivity index (χ4n) is 4.40. The molecule has 36 heavy (non-hydrogen) atoms. The number of nitrogens with zero attached hydrogens (tertiary/aromatic N) is 3. The van der Waals surface area contributed by atoms with Gasteiger partial charge in [-0.1, -0.05) is 31.2 Å². The third-order valence-corrected chi connectivity index (χ3v) is 6.22. The van der Waals surface area contributed by atoms with Gasteiger partial charge in [-0.2, -0.15) is 0 Å². The van der Waals surface area contributed by atoms with Crippen LogP contribution in [0.2, 0.25) is 0 Å². The third kappa shape index (κ3) is 4.49. The predicted molar refractivity (Wildman–Crippen MR) is 132 cm³/mol. The number of hydrogen-bond donors (Lipinski definition) is 0. The first kappa shape index (κ1) is 23.4. The number of benzene rings is 3. The smallest absolute Gasteiger partial charge is 0.257 e. The van der Waals surface area contributed by atoms with Crippen molar-refractivity contribution in [1.29, 1.82) is 0 Å². The lowest BCUT2D eigenvalue weighted by atomic mass is 10.1. The molecule has 0 radical (unpaired) electrons. The number of rotatable bonds is 7. The van der Waals surface area contributed by atoms with Crippen LogP contribution in [0.3, 0.4) is 0 Å². The van der Waals surface area contributed by atoms with Crippen LogP contribution in [0.15, 0.2) is 77.2 Å². The SMILES string of the molecule is CCCC(=O)N(Cc1ccc(F)cc1)C1CC(=O)N(c2ccc(-c3nc4ccccc4o3)cc2)C1=O. The van der Waals surface area contributed by atoms with E-state index in [1.54, 1.807) is 36.4 Å². The zero-order chi connectivity index (χ0) is 25.2. The van der Waals surface area contributed by atoms with E-state index in [9.17, 15) is 18.8 Å². The molecule has 0 saturated carbocycles. The molecule has 3 aromatic carbocycles. The normalized spacial score (nSPS) is 15.6. The summed E-state index contributed by atoms with van der Waals surface area (Å²) < 4.78 is 19.1. The van der Waals surface area contributed by atoms with Crippen LogP contribution in [-0.4, -0.2) is 33.6 Å². The van der Waals surface area contributed by atoms with Crippen molar-refractivity contribution in [2.45, 2.75) is 38.8 Å². The van der Waals surface area contributed by atoms with Crippen LogP contribution in [-0.2, 0) is 20.9 Å². The lowest BCUT2D eigenvalue weighted by Gasteiger charge is -2.28. The molecule has 7 nitrogen and oxygen atoms in total. The van der Waals surface area contributed by atoms with Crippen LogP contribution in [0, 0.1) is 5.82 Å². The van der Waals surface area contributed by atoms with Gasteiger partial charge < -0.3 is 9.32 Å². The Morgan fingerprint density at radius 3 is 2.47 bits per heavy atom. The molecule has 1 aliphatic heterocycles. The number of halogens is 1. The quantitative estimate of drug-likeness (QED) is 0.340. The van der Waals surface area contributed by atoms with Gasteiger partial charge in [0.05, 0.1) is 12.1 Å². The lowest BCUT2D eigenvalue weighted by molar-refractivity contribution is -0.139. The maximum Gasteiger partial charge on any atom is 0.257 e. The van der Waals surface area contributed by atoms with Crippen molar-refractivity contribution in [1.82, 2.24) is 9.88 Å². The molecule has 1 fully saturated rings. The number of carbonyl (C=O) groups is 3. The summed E-state index contributed by atoms with van der Waals surface area (Å²) in [7, 11) is 0. The van der Waals surface area contributed by atoms with Crippen LogP contribution in [0.25, 0.3) is 22.6 Å². The average molecular weight is 486 g/mol. The number of para-hydroxylation sites is 2. The van der Waals surface area contributed by atoms with E-state index in [0.717, 1.165) is 10.4 Å². The second-order valence-corrected chi connectivity index (χ2v) is 8.72. The number of imide groups is 1. The summed E-state index contributed by atoms with van der Waals surface area (Å²) in [5, 5.41) is 0. The van der Waals surface area contributed by atoms with Gasteiger partial charge in [-0.05, 0) is 60.5 Å². The van der Waals surface area contributed by atoms with Gasteiger partial charge in [0.1, 0.15) is 17.4 Å². The monoisotopic (exact) mass is 485 g/mol. The van der Waals surface area contributed by atoms with Crippen molar-refractivity contribution < 1.29 is 23.2 Å². The summed E-state index contributed by atoms with van der Waals surface area (Å²) in [6, 6.07) is 19.1. The number of aromatic nitrogens is 1. The number of hydrogen-bond acceptors (Lipinski definition) is 5. The van der Waals surface area contributed by atoms with Crippen LogP contribution >= 0.6 is 0 Å². The molecule has 2 heterocycles. The van der Waals surface area contributed by atoms with E-state index in [-0.39, 0.29) is 37.0 Å². The highest BCUT2D eigenvalue weighted by Gasteiger charge is 2.44. The standard InChI is InChI=1S/C28H24FN3O4/c1-2-5-25(33)31(17-18-8-12-20(29)13-9-18)23-16-26(34)32(28(23)35)21-14-10-19(11-15-21)27-30-22-6-3-4-7-24(22)36-27/h3-4,6-15,23H,2,5,16-17H2,1H3. The fraction of sp³-hybridized carbons (Fsp3) is 0.214. The Bertz CT molecular complexity index is 1400. The molecule has 0 spiro atoms. The zero-order valence-corrected chi connectivity index (χ0v) is 19.7. The highest BCUT2D eigenvalue weighted by atomic mass is 19.1. The van der Waals surface area contributed by atoms with Crippen molar-refractivity contribution >= 4 is 34.5 Å². The van der Waals surface area contributed by atoms with Crippen molar-refractivity contribution in [3.8, 4) is 11.5 Å². The van der Waals surface area contributed by atoms with Gasteiger partial charge in [-0.25, -0.2) is 14.3 Å². The minimum Gasteiger partial charge on any atom is -0.436 e. The summed E-state index contributed by atoms with van der Waals surface area (Å²) in [6.45, 7) is 1.99. The van der Waals surface area contributed by atoms with Gasteiger partial charge in [0.25, 0.3) is 5.91 Å². The molecule has 4 aromatic rings. The fourth-order valence-corrected chi connectivity index (χ4v) is 4.40. The van der Waals surface area contributed by atoms with Crippen LogP contribution in [0.5, 0.6) is 0 Å². The molecule has 5 rings (SSSR count). The summed E-state index contributed by atoms with van der Waals surface area (Å²) in [4.78, 5) is 46.3. The lowest BCUT2D eigenvalue weighted by Crippen LogP contribution is -2.45. The highest BCUT2D eigenvalue weighted by Crippen LogP contribution is 2.30. The summed E-state index contributed by atoms with van der Waals surface area (Å²) in [5.74, 6) is -1.00. The first-order valence-electron chi connectivity index (χ1n) is 11.8. The van der Waals surface area contributed by atoms with Crippen molar-refractivity contribution in [3.63, 3.8) is 0 Å². The molecule has 1 atom stereocenters. The summed E-state index contributed by atoms with van der Waals surface area (Å²) in [5.41, 5.74) is 3.21. The van der Waals surface area contributed by atoms with Gasteiger partial charge in [-0.15, -0.1) is 0 Å². The first-order valence-corrected chi connectivity index (χ1v) is 11.8. The van der Waals surface area contributed by atoms with E-state index in [1.807, 2.05) is 31.2 Å². The van der Waals surface area contributed by atoms with Gasteiger partial charge in [0.2, 0.25) is 17.7 Å². The van der Waals surface area contributed by atoms with Crippen molar-refractivity contribution in [3.05, 3.63) is 84.2 Å². The average Bonchev–Trinajstić information content (AvgIpc) is 3.44. The van der Waals surface area contributed by atoms with Gasteiger partial charge in [0.15, 0.2) is 5.58 Å². The van der Waals surface area contributed by atoms with Crippen LogP contribution in [0.4, 0.5) is 10.1 Å². The Labute approximate surface area is 207 Å². The molecule has 0 bridgehead atoms. The minimum atomic E-state index is -0.918. The Kier molecular flexibility index (Phi) is 6.33. The number of carbonyl (C=O) groups excluding carboxylic acids is 3. The Hall–Kier alpha value is -4.33. The second-order valence-electron chi connectivity index (χ2n) is 8.72. The Morgan fingerprint density at radius 2 is 1.78 bits per heavy atom. The molecular formula is C28H24FN3O4. The topological polar surface area (TPSA) is 83.7 Å². The van der Waals surface area contributed by atoms with Gasteiger partial charge in [-0.3, -0.25) is 14.4 Å². The molecule has 0 N–H and O–H groups in total. The molecule has 8 heteroatoms. The highest BCUT2D eigenvalue weighted by molar-refractivity contribution is 6.23. The molecular weight excluding hydrogens is 461 g/mol. The van der Waals surface area contributed by atoms with E-state index in [1.165, 1.54) is 17.0 Å².